The maximum absolute atomic E-state index is 12.4. The SMILES string of the molecule is NC(=O)c1ccc(NC(=O)CSc2cccc(NC(=O)C3CCCCC3)c2)cc1. The van der Waals surface area contributed by atoms with Crippen LogP contribution in [0.3, 0.4) is 0 Å². The number of carbonyl (C=O) groups excluding carboxylic acids is 3. The van der Waals surface area contributed by atoms with Crippen molar-refractivity contribution in [3.05, 3.63) is 54.1 Å². The van der Waals surface area contributed by atoms with Crippen LogP contribution in [0.1, 0.15) is 42.5 Å². The van der Waals surface area contributed by atoms with E-state index in [4.69, 9.17) is 5.73 Å². The Labute approximate surface area is 174 Å². The van der Waals surface area contributed by atoms with Crippen LogP contribution in [0.4, 0.5) is 11.4 Å². The predicted octanol–water partition coefficient (Wildman–Crippen LogP) is 4.04. The number of primary amides is 1. The minimum absolute atomic E-state index is 0.0870. The van der Waals surface area contributed by atoms with Gasteiger partial charge in [0.05, 0.1) is 5.75 Å². The molecule has 0 aromatic heterocycles. The molecule has 0 heterocycles. The Morgan fingerprint density at radius 1 is 0.931 bits per heavy atom. The van der Waals surface area contributed by atoms with Crippen LogP contribution in [0.15, 0.2) is 53.4 Å². The summed E-state index contributed by atoms with van der Waals surface area (Å²) in [6.07, 6.45) is 5.37. The number of carbonyl (C=O) groups is 3. The first-order valence-electron chi connectivity index (χ1n) is 9.75. The van der Waals surface area contributed by atoms with Crippen LogP contribution in [-0.4, -0.2) is 23.5 Å². The molecule has 1 aliphatic rings. The standard InChI is InChI=1S/C22H25N3O3S/c23-21(27)15-9-11-17(12-10-15)24-20(26)14-29-19-8-4-7-18(13-19)25-22(28)16-5-2-1-3-6-16/h4,7-13,16H,1-3,5-6,14H2,(H2,23,27)(H,24,26)(H,25,28). The summed E-state index contributed by atoms with van der Waals surface area (Å²) in [5, 5.41) is 5.79. The Balaban J connectivity index is 1.50. The molecule has 6 nitrogen and oxygen atoms in total. The van der Waals surface area contributed by atoms with Gasteiger partial charge in [-0.1, -0.05) is 25.3 Å². The van der Waals surface area contributed by atoms with Gasteiger partial charge in [-0.3, -0.25) is 14.4 Å². The van der Waals surface area contributed by atoms with Gasteiger partial charge in [0.25, 0.3) is 0 Å². The molecule has 0 unspecified atom stereocenters. The predicted molar refractivity (Wildman–Crippen MR) is 116 cm³/mol. The van der Waals surface area contributed by atoms with Gasteiger partial charge in [-0.25, -0.2) is 0 Å². The highest BCUT2D eigenvalue weighted by Crippen LogP contribution is 2.26. The molecule has 0 aliphatic heterocycles. The Kier molecular flexibility index (Phi) is 7.30. The molecule has 0 spiro atoms. The van der Waals surface area contributed by atoms with Crippen molar-refractivity contribution in [1.29, 1.82) is 0 Å². The summed E-state index contributed by atoms with van der Waals surface area (Å²) in [5.74, 6) is -0.236. The van der Waals surface area contributed by atoms with Gasteiger partial charge < -0.3 is 16.4 Å². The molecule has 152 valence electrons. The van der Waals surface area contributed by atoms with Crippen molar-refractivity contribution >= 4 is 40.9 Å². The number of nitrogens with one attached hydrogen (secondary N) is 2. The summed E-state index contributed by atoms with van der Waals surface area (Å²) in [6.45, 7) is 0. The molecule has 7 heteroatoms. The first kappa shape index (κ1) is 20.9. The minimum Gasteiger partial charge on any atom is -0.366 e. The molecular formula is C22H25N3O3S. The third-order valence-corrected chi connectivity index (χ3v) is 5.89. The van der Waals surface area contributed by atoms with Crippen molar-refractivity contribution in [2.24, 2.45) is 11.7 Å². The minimum atomic E-state index is -0.506. The zero-order valence-electron chi connectivity index (χ0n) is 16.1. The normalized spacial score (nSPS) is 14.2. The van der Waals surface area contributed by atoms with Crippen LogP contribution in [0.25, 0.3) is 0 Å². The van der Waals surface area contributed by atoms with E-state index in [-0.39, 0.29) is 23.5 Å². The molecule has 0 bridgehead atoms. The lowest BCUT2D eigenvalue weighted by atomic mass is 9.88. The number of anilines is 2. The van der Waals surface area contributed by atoms with Crippen LogP contribution in [0.2, 0.25) is 0 Å². The van der Waals surface area contributed by atoms with Gasteiger partial charge in [0.2, 0.25) is 17.7 Å². The molecule has 0 atom stereocenters. The lowest BCUT2D eigenvalue weighted by Crippen LogP contribution is -2.24. The third kappa shape index (κ3) is 6.35. The van der Waals surface area contributed by atoms with Crippen molar-refractivity contribution < 1.29 is 14.4 Å². The van der Waals surface area contributed by atoms with E-state index < -0.39 is 5.91 Å². The van der Waals surface area contributed by atoms with Crippen LogP contribution in [-0.2, 0) is 9.59 Å². The smallest absolute Gasteiger partial charge is 0.248 e. The first-order valence-corrected chi connectivity index (χ1v) is 10.7. The van der Waals surface area contributed by atoms with E-state index in [0.717, 1.165) is 36.3 Å². The number of rotatable bonds is 7. The average molecular weight is 412 g/mol. The Hall–Kier alpha value is -2.80. The molecule has 3 amide bonds. The van der Waals surface area contributed by atoms with Gasteiger partial charge in [-0.15, -0.1) is 11.8 Å². The molecule has 1 saturated carbocycles. The summed E-state index contributed by atoms with van der Waals surface area (Å²) in [6, 6.07) is 14.0. The molecule has 2 aromatic rings. The highest BCUT2D eigenvalue weighted by Gasteiger charge is 2.21. The quantitative estimate of drug-likeness (QED) is 0.599. The van der Waals surface area contributed by atoms with Crippen molar-refractivity contribution in [3.8, 4) is 0 Å². The monoisotopic (exact) mass is 411 g/mol. The molecule has 0 saturated heterocycles. The van der Waals surface area contributed by atoms with Gasteiger partial charge in [0, 0.05) is 27.8 Å². The van der Waals surface area contributed by atoms with E-state index in [0.29, 0.717) is 11.3 Å². The number of benzene rings is 2. The van der Waals surface area contributed by atoms with Crippen LogP contribution in [0.5, 0.6) is 0 Å². The highest BCUT2D eigenvalue weighted by molar-refractivity contribution is 8.00. The zero-order valence-corrected chi connectivity index (χ0v) is 17.0. The topological polar surface area (TPSA) is 101 Å². The lowest BCUT2D eigenvalue weighted by molar-refractivity contribution is -0.120. The van der Waals surface area contributed by atoms with Crippen LogP contribution in [0, 0.1) is 5.92 Å². The summed E-state index contributed by atoms with van der Waals surface area (Å²) < 4.78 is 0. The number of hydrogen-bond donors (Lipinski definition) is 3. The maximum Gasteiger partial charge on any atom is 0.248 e. The Bertz CT molecular complexity index is 877. The number of nitrogens with two attached hydrogens (primary N) is 1. The third-order valence-electron chi connectivity index (χ3n) is 4.90. The zero-order chi connectivity index (χ0) is 20.6. The van der Waals surface area contributed by atoms with Crippen molar-refractivity contribution in [1.82, 2.24) is 0 Å². The first-order chi connectivity index (χ1) is 14.0. The second-order valence-electron chi connectivity index (χ2n) is 7.13. The van der Waals surface area contributed by atoms with Crippen molar-refractivity contribution in [3.63, 3.8) is 0 Å². The number of thioether (sulfide) groups is 1. The molecule has 4 N–H and O–H groups in total. The van der Waals surface area contributed by atoms with Gasteiger partial charge in [-0.05, 0) is 55.3 Å². The molecule has 1 fully saturated rings. The number of amides is 3. The molecule has 3 rings (SSSR count). The highest BCUT2D eigenvalue weighted by atomic mass is 32.2. The van der Waals surface area contributed by atoms with E-state index in [1.807, 2.05) is 24.3 Å². The van der Waals surface area contributed by atoms with E-state index in [1.54, 1.807) is 24.3 Å². The van der Waals surface area contributed by atoms with Gasteiger partial charge in [0.1, 0.15) is 0 Å². The summed E-state index contributed by atoms with van der Waals surface area (Å²) >= 11 is 1.40. The van der Waals surface area contributed by atoms with E-state index in [1.165, 1.54) is 18.2 Å². The van der Waals surface area contributed by atoms with Gasteiger partial charge in [0.15, 0.2) is 0 Å². The molecule has 1 aliphatic carbocycles. The van der Waals surface area contributed by atoms with E-state index in [2.05, 4.69) is 10.6 Å². The Morgan fingerprint density at radius 3 is 2.34 bits per heavy atom. The fraction of sp³-hybridized carbons (Fsp3) is 0.318. The summed E-state index contributed by atoms with van der Waals surface area (Å²) in [7, 11) is 0. The largest absolute Gasteiger partial charge is 0.366 e. The molecule has 2 aromatic carbocycles. The van der Waals surface area contributed by atoms with Crippen molar-refractivity contribution in [2.45, 2.75) is 37.0 Å². The van der Waals surface area contributed by atoms with E-state index in [9.17, 15) is 14.4 Å². The summed E-state index contributed by atoms with van der Waals surface area (Å²) in [4.78, 5) is 36.6. The van der Waals surface area contributed by atoms with Gasteiger partial charge in [-0.2, -0.15) is 0 Å². The van der Waals surface area contributed by atoms with Crippen LogP contribution >= 0.6 is 11.8 Å². The second kappa shape index (κ2) is 10.1. The molecule has 29 heavy (non-hydrogen) atoms. The molecular weight excluding hydrogens is 386 g/mol. The Morgan fingerprint density at radius 2 is 1.66 bits per heavy atom. The number of hydrogen-bond acceptors (Lipinski definition) is 4. The van der Waals surface area contributed by atoms with Crippen molar-refractivity contribution in [2.75, 3.05) is 16.4 Å². The van der Waals surface area contributed by atoms with Gasteiger partial charge >= 0.3 is 0 Å². The molecule has 0 radical (unpaired) electrons. The van der Waals surface area contributed by atoms with E-state index >= 15 is 0 Å². The maximum atomic E-state index is 12.4. The fourth-order valence-corrected chi connectivity index (χ4v) is 4.09. The fourth-order valence-electron chi connectivity index (χ4n) is 3.34. The van der Waals surface area contributed by atoms with Crippen LogP contribution < -0.4 is 16.4 Å². The average Bonchev–Trinajstić information content (AvgIpc) is 2.73. The lowest BCUT2D eigenvalue weighted by Gasteiger charge is -2.20. The summed E-state index contributed by atoms with van der Waals surface area (Å²) in [5.41, 5.74) is 6.96. The second-order valence-corrected chi connectivity index (χ2v) is 8.18.